The van der Waals surface area contributed by atoms with E-state index in [1.807, 2.05) is 19.1 Å². The van der Waals surface area contributed by atoms with E-state index in [-0.39, 0.29) is 0 Å². The molecule has 1 aromatic heterocycles. The quantitative estimate of drug-likeness (QED) is 0.826. The molecule has 1 aromatic carbocycles. The first-order chi connectivity index (χ1) is 9.11. The van der Waals surface area contributed by atoms with Gasteiger partial charge in [-0.1, -0.05) is 6.07 Å². The molecule has 0 fully saturated rings. The lowest BCUT2D eigenvalue weighted by molar-refractivity contribution is 0.687. The van der Waals surface area contributed by atoms with E-state index in [1.54, 1.807) is 11.3 Å². The molecule has 0 bridgehead atoms. The first kappa shape index (κ1) is 13.6. The minimum Gasteiger partial charge on any atom is -0.364 e. The Morgan fingerprint density at radius 1 is 1.32 bits per heavy atom. The lowest BCUT2D eigenvalue weighted by Gasteiger charge is -2.29. The van der Waals surface area contributed by atoms with Crippen LogP contribution in [0.15, 0.2) is 35.7 Å². The van der Waals surface area contributed by atoms with Gasteiger partial charge in [-0.2, -0.15) is 5.26 Å². The van der Waals surface area contributed by atoms with Gasteiger partial charge in [0, 0.05) is 16.6 Å². The van der Waals surface area contributed by atoms with Crippen molar-refractivity contribution in [1.29, 1.82) is 5.26 Å². The van der Waals surface area contributed by atoms with Crippen LogP contribution in [0, 0.1) is 18.3 Å². The van der Waals surface area contributed by atoms with Gasteiger partial charge in [0.25, 0.3) is 0 Å². The van der Waals surface area contributed by atoms with E-state index in [4.69, 9.17) is 5.26 Å². The molecule has 0 unspecified atom stereocenters. The molecule has 0 aliphatic carbocycles. The van der Waals surface area contributed by atoms with Crippen LogP contribution in [0.2, 0.25) is 0 Å². The van der Waals surface area contributed by atoms with E-state index >= 15 is 0 Å². The Morgan fingerprint density at radius 2 is 2.11 bits per heavy atom. The van der Waals surface area contributed by atoms with Crippen LogP contribution in [0.25, 0.3) is 0 Å². The van der Waals surface area contributed by atoms with Crippen LogP contribution >= 0.6 is 11.3 Å². The molecule has 0 saturated heterocycles. The molecule has 0 radical (unpaired) electrons. The first-order valence-corrected chi connectivity index (χ1v) is 7.29. The van der Waals surface area contributed by atoms with Crippen LogP contribution in [0.4, 0.5) is 5.69 Å². The Morgan fingerprint density at radius 3 is 2.63 bits per heavy atom. The molecule has 1 heterocycles. The molecule has 2 rings (SSSR count). The summed E-state index contributed by atoms with van der Waals surface area (Å²) in [7, 11) is 0. The van der Waals surface area contributed by atoms with Gasteiger partial charge in [0.1, 0.15) is 0 Å². The van der Waals surface area contributed by atoms with Crippen molar-refractivity contribution in [3.63, 3.8) is 0 Å². The molecular weight excluding hydrogens is 252 g/mol. The predicted octanol–water partition coefficient (Wildman–Crippen LogP) is 4.34. The largest absolute Gasteiger partial charge is 0.364 e. The highest BCUT2D eigenvalue weighted by Crippen LogP contribution is 2.24. The molecule has 98 valence electrons. The summed E-state index contributed by atoms with van der Waals surface area (Å²) in [5.41, 5.74) is 2.97. The number of hydrogen-bond donors (Lipinski definition) is 0. The Labute approximate surface area is 118 Å². The van der Waals surface area contributed by atoms with Crippen molar-refractivity contribution in [2.75, 3.05) is 4.90 Å². The van der Waals surface area contributed by atoms with Gasteiger partial charge in [-0.15, -0.1) is 11.3 Å². The standard InChI is InChI=1S/C16H18N2S/c1-12(2)18(11-16-5-4-8-19-16)15-7-6-14(10-17)13(3)9-15/h4-9,12H,11H2,1-3H3. The second-order valence-electron chi connectivity index (χ2n) is 4.91. The summed E-state index contributed by atoms with van der Waals surface area (Å²) in [4.78, 5) is 3.72. The average molecular weight is 270 g/mol. The van der Waals surface area contributed by atoms with Gasteiger partial charge >= 0.3 is 0 Å². The summed E-state index contributed by atoms with van der Waals surface area (Å²) in [5, 5.41) is 11.1. The zero-order valence-corrected chi connectivity index (χ0v) is 12.4. The minimum absolute atomic E-state index is 0.425. The van der Waals surface area contributed by atoms with Gasteiger partial charge < -0.3 is 4.90 Å². The molecule has 0 saturated carbocycles. The third-order valence-electron chi connectivity index (χ3n) is 3.19. The molecule has 0 N–H and O–H groups in total. The highest BCUT2D eigenvalue weighted by atomic mass is 32.1. The monoisotopic (exact) mass is 270 g/mol. The Balaban J connectivity index is 2.29. The van der Waals surface area contributed by atoms with Crippen LogP contribution in [0.5, 0.6) is 0 Å². The first-order valence-electron chi connectivity index (χ1n) is 6.41. The maximum absolute atomic E-state index is 9.00. The molecule has 2 aromatic rings. The van der Waals surface area contributed by atoms with E-state index in [9.17, 15) is 0 Å². The van der Waals surface area contributed by atoms with Crippen LogP contribution in [-0.2, 0) is 6.54 Å². The fourth-order valence-electron chi connectivity index (χ4n) is 2.09. The summed E-state index contributed by atoms with van der Waals surface area (Å²) >= 11 is 1.78. The summed E-state index contributed by atoms with van der Waals surface area (Å²) < 4.78 is 0. The summed E-state index contributed by atoms with van der Waals surface area (Å²) in [5.74, 6) is 0. The van der Waals surface area contributed by atoms with Crippen molar-refractivity contribution in [3.8, 4) is 6.07 Å². The van der Waals surface area contributed by atoms with Gasteiger partial charge in [0.15, 0.2) is 0 Å². The SMILES string of the molecule is Cc1cc(N(Cc2cccs2)C(C)C)ccc1C#N. The lowest BCUT2D eigenvalue weighted by Crippen LogP contribution is -2.29. The fourth-order valence-corrected chi connectivity index (χ4v) is 2.80. The normalized spacial score (nSPS) is 10.5. The number of hydrogen-bond acceptors (Lipinski definition) is 3. The molecule has 19 heavy (non-hydrogen) atoms. The highest BCUT2D eigenvalue weighted by molar-refractivity contribution is 7.09. The number of nitrogens with zero attached hydrogens (tertiary/aromatic N) is 2. The molecule has 0 aliphatic heterocycles. The van der Waals surface area contributed by atoms with Gasteiger partial charge in [0.2, 0.25) is 0 Å². The van der Waals surface area contributed by atoms with E-state index in [0.29, 0.717) is 6.04 Å². The molecule has 3 heteroatoms. The molecule has 2 nitrogen and oxygen atoms in total. The fraction of sp³-hybridized carbons (Fsp3) is 0.312. The maximum Gasteiger partial charge on any atom is 0.0994 e. The third-order valence-corrected chi connectivity index (χ3v) is 4.05. The van der Waals surface area contributed by atoms with Crippen LogP contribution in [-0.4, -0.2) is 6.04 Å². The lowest BCUT2D eigenvalue weighted by atomic mass is 10.1. The van der Waals surface area contributed by atoms with Crippen molar-refractivity contribution in [2.24, 2.45) is 0 Å². The molecular formula is C16H18N2S. The number of thiophene rings is 1. The number of rotatable bonds is 4. The number of benzene rings is 1. The van der Waals surface area contributed by atoms with Crippen LogP contribution < -0.4 is 4.90 Å². The Hall–Kier alpha value is -1.79. The average Bonchev–Trinajstić information content (AvgIpc) is 2.88. The summed E-state index contributed by atoms with van der Waals surface area (Å²) in [6.07, 6.45) is 0. The van der Waals surface area contributed by atoms with Crippen molar-refractivity contribution < 1.29 is 0 Å². The van der Waals surface area contributed by atoms with E-state index < -0.39 is 0 Å². The van der Waals surface area contributed by atoms with Crippen molar-refractivity contribution in [1.82, 2.24) is 0 Å². The van der Waals surface area contributed by atoms with Gasteiger partial charge in [-0.3, -0.25) is 0 Å². The number of nitriles is 1. The Kier molecular flexibility index (Phi) is 4.24. The van der Waals surface area contributed by atoms with Crippen LogP contribution in [0.3, 0.4) is 0 Å². The van der Waals surface area contributed by atoms with E-state index in [1.165, 1.54) is 10.6 Å². The zero-order chi connectivity index (χ0) is 13.8. The molecule has 0 atom stereocenters. The second kappa shape index (κ2) is 5.90. The zero-order valence-electron chi connectivity index (χ0n) is 11.6. The molecule has 0 amide bonds. The highest BCUT2D eigenvalue weighted by Gasteiger charge is 2.12. The molecule has 0 aliphatic rings. The van der Waals surface area contributed by atoms with Gasteiger partial charge in [-0.25, -0.2) is 0 Å². The smallest absolute Gasteiger partial charge is 0.0994 e. The Bertz CT molecular complexity index is 579. The second-order valence-corrected chi connectivity index (χ2v) is 5.94. The van der Waals surface area contributed by atoms with Crippen LogP contribution in [0.1, 0.15) is 29.9 Å². The maximum atomic E-state index is 9.00. The van der Waals surface area contributed by atoms with Gasteiger partial charge in [0.05, 0.1) is 18.2 Å². The topological polar surface area (TPSA) is 27.0 Å². The summed E-state index contributed by atoms with van der Waals surface area (Å²) in [6, 6.07) is 12.9. The minimum atomic E-state index is 0.425. The predicted molar refractivity (Wildman–Crippen MR) is 81.5 cm³/mol. The number of anilines is 1. The van der Waals surface area contributed by atoms with E-state index in [0.717, 1.165) is 17.7 Å². The van der Waals surface area contributed by atoms with Crippen molar-refractivity contribution in [3.05, 3.63) is 51.7 Å². The number of aryl methyl sites for hydroxylation is 1. The van der Waals surface area contributed by atoms with Crippen molar-refractivity contribution in [2.45, 2.75) is 33.4 Å². The van der Waals surface area contributed by atoms with Crippen molar-refractivity contribution >= 4 is 17.0 Å². The van der Waals surface area contributed by atoms with Gasteiger partial charge in [-0.05, 0) is 56.0 Å². The third kappa shape index (κ3) is 3.15. The summed E-state index contributed by atoms with van der Waals surface area (Å²) in [6.45, 7) is 7.30. The van der Waals surface area contributed by atoms with E-state index in [2.05, 4.69) is 48.4 Å². The molecule has 0 spiro atoms.